The third kappa shape index (κ3) is 2.74. The lowest BCUT2D eigenvalue weighted by Gasteiger charge is -2.18. The van der Waals surface area contributed by atoms with Gasteiger partial charge in [-0.1, -0.05) is 42.1 Å². The second-order valence-corrected chi connectivity index (χ2v) is 6.75. The van der Waals surface area contributed by atoms with Gasteiger partial charge in [-0.2, -0.15) is 9.78 Å². The van der Waals surface area contributed by atoms with Crippen LogP contribution in [-0.4, -0.2) is 40.6 Å². The Balaban J connectivity index is 1.87. The summed E-state index contributed by atoms with van der Waals surface area (Å²) in [7, 11) is 3.30. The number of thioether (sulfide) groups is 1. The van der Waals surface area contributed by atoms with Crippen LogP contribution in [0.15, 0.2) is 52.7 Å². The Morgan fingerprint density at radius 1 is 0.962 bits per heavy atom. The van der Waals surface area contributed by atoms with Crippen LogP contribution in [0.2, 0.25) is 0 Å². The summed E-state index contributed by atoms with van der Waals surface area (Å²) in [6.45, 7) is 2.06. The maximum absolute atomic E-state index is 5.53. The van der Waals surface area contributed by atoms with Crippen molar-refractivity contribution < 1.29 is 9.47 Å². The van der Waals surface area contributed by atoms with Crippen molar-refractivity contribution in [2.75, 3.05) is 20.0 Å². The second-order valence-electron chi connectivity index (χ2n) is 5.81. The van der Waals surface area contributed by atoms with E-state index in [-0.39, 0.29) is 0 Å². The maximum atomic E-state index is 5.53. The number of nitrogens with zero attached hydrogens (tertiary/aromatic N) is 4. The minimum atomic E-state index is 0.669. The van der Waals surface area contributed by atoms with Crippen molar-refractivity contribution in [2.45, 2.75) is 12.1 Å². The SMILES string of the molecule is COc1cccc(OC)c1C1=Nn2c(nnc2-c2ccccc2C)SC1. The number of aromatic nitrogens is 3. The summed E-state index contributed by atoms with van der Waals surface area (Å²) in [5, 5.41) is 14.3. The lowest BCUT2D eigenvalue weighted by molar-refractivity contribution is 0.392. The zero-order valence-corrected chi connectivity index (χ0v) is 15.6. The van der Waals surface area contributed by atoms with E-state index in [1.807, 2.05) is 36.4 Å². The van der Waals surface area contributed by atoms with Crippen LogP contribution in [0.1, 0.15) is 11.1 Å². The quantitative estimate of drug-likeness (QED) is 0.706. The number of hydrogen-bond acceptors (Lipinski definition) is 6. The van der Waals surface area contributed by atoms with Gasteiger partial charge in [-0.3, -0.25) is 0 Å². The third-order valence-corrected chi connectivity index (χ3v) is 5.20. The highest BCUT2D eigenvalue weighted by molar-refractivity contribution is 7.99. The smallest absolute Gasteiger partial charge is 0.212 e. The molecular weight excluding hydrogens is 348 g/mol. The van der Waals surface area contributed by atoms with Gasteiger partial charge in [0.25, 0.3) is 0 Å². The van der Waals surface area contributed by atoms with Crippen molar-refractivity contribution in [2.24, 2.45) is 5.10 Å². The number of aryl methyl sites for hydroxylation is 1. The monoisotopic (exact) mass is 366 g/mol. The first kappa shape index (κ1) is 16.7. The van der Waals surface area contributed by atoms with Crippen molar-refractivity contribution in [3.8, 4) is 22.9 Å². The molecule has 4 rings (SSSR count). The summed E-state index contributed by atoms with van der Waals surface area (Å²) in [6.07, 6.45) is 0. The van der Waals surface area contributed by atoms with Crippen molar-refractivity contribution in [1.82, 2.24) is 14.9 Å². The minimum absolute atomic E-state index is 0.669. The summed E-state index contributed by atoms with van der Waals surface area (Å²) in [5.74, 6) is 2.87. The van der Waals surface area contributed by atoms with Crippen LogP contribution >= 0.6 is 11.8 Å². The van der Waals surface area contributed by atoms with Crippen molar-refractivity contribution in [1.29, 1.82) is 0 Å². The van der Waals surface area contributed by atoms with E-state index in [0.29, 0.717) is 5.75 Å². The minimum Gasteiger partial charge on any atom is -0.496 e. The molecule has 3 aromatic rings. The number of fused-ring (bicyclic) bond motifs is 1. The standard InChI is InChI=1S/C19H18N4O2S/c1-12-7-4-5-8-13(12)18-20-21-19-23(18)22-14(11-26-19)17-15(24-2)9-6-10-16(17)25-3/h4-10H,11H2,1-3H3. The Labute approximate surface area is 155 Å². The molecule has 2 heterocycles. The van der Waals surface area contributed by atoms with Gasteiger partial charge in [0.15, 0.2) is 5.82 Å². The molecule has 0 radical (unpaired) electrons. The molecule has 7 heteroatoms. The van der Waals surface area contributed by atoms with Crippen molar-refractivity contribution in [3.63, 3.8) is 0 Å². The number of methoxy groups -OCH3 is 2. The summed E-state index contributed by atoms with van der Waals surface area (Å²) in [6, 6.07) is 13.8. The van der Waals surface area contributed by atoms with Crippen LogP contribution in [0, 0.1) is 6.92 Å². The van der Waals surface area contributed by atoms with Crippen molar-refractivity contribution >= 4 is 17.5 Å². The molecule has 0 atom stereocenters. The fourth-order valence-corrected chi connectivity index (χ4v) is 3.79. The molecule has 2 aromatic carbocycles. The van der Waals surface area contributed by atoms with E-state index >= 15 is 0 Å². The fraction of sp³-hybridized carbons (Fsp3) is 0.211. The Bertz CT molecular complexity index is 975. The van der Waals surface area contributed by atoms with Gasteiger partial charge in [-0.05, 0) is 24.6 Å². The Morgan fingerprint density at radius 3 is 2.38 bits per heavy atom. The van der Waals surface area contributed by atoms with Crippen LogP contribution in [0.25, 0.3) is 11.4 Å². The zero-order valence-electron chi connectivity index (χ0n) is 14.8. The molecule has 0 bridgehead atoms. The molecule has 26 heavy (non-hydrogen) atoms. The van der Waals surface area contributed by atoms with E-state index in [1.54, 1.807) is 30.7 Å². The van der Waals surface area contributed by atoms with Gasteiger partial charge in [-0.15, -0.1) is 10.2 Å². The summed E-state index contributed by atoms with van der Waals surface area (Å²) >= 11 is 1.60. The van der Waals surface area contributed by atoms with E-state index in [0.717, 1.165) is 44.9 Å². The second kappa shape index (κ2) is 6.84. The fourth-order valence-electron chi connectivity index (χ4n) is 2.98. The largest absolute Gasteiger partial charge is 0.496 e. The molecule has 0 aliphatic carbocycles. The van der Waals surface area contributed by atoms with Crippen LogP contribution in [0.3, 0.4) is 0 Å². The molecule has 6 nitrogen and oxygen atoms in total. The van der Waals surface area contributed by atoms with Gasteiger partial charge in [0.05, 0.1) is 25.5 Å². The average Bonchev–Trinajstić information content (AvgIpc) is 3.10. The van der Waals surface area contributed by atoms with E-state index in [4.69, 9.17) is 14.6 Å². The van der Waals surface area contributed by atoms with Gasteiger partial charge < -0.3 is 9.47 Å². The van der Waals surface area contributed by atoms with Crippen LogP contribution in [0.4, 0.5) is 0 Å². The average molecular weight is 366 g/mol. The Kier molecular flexibility index (Phi) is 4.38. The van der Waals surface area contributed by atoms with E-state index in [1.165, 1.54) is 0 Å². The number of rotatable bonds is 4. The van der Waals surface area contributed by atoms with E-state index < -0.39 is 0 Å². The van der Waals surface area contributed by atoms with Gasteiger partial charge in [0, 0.05) is 11.3 Å². The molecule has 0 amide bonds. The molecule has 1 aromatic heterocycles. The summed E-state index contributed by atoms with van der Waals surface area (Å²) in [5.41, 5.74) is 3.88. The van der Waals surface area contributed by atoms with Crippen LogP contribution in [0.5, 0.6) is 11.5 Å². The first-order valence-corrected chi connectivity index (χ1v) is 9.15. The summed E-state index contributed by atoms with van der Waals surface area (Å²) in [4.78, 5) is 0. The number of benzene rings is 2. The highest BCUT2D eigenvalue weighted by Gasteiger charge is 2.25. The molecule has 0 spiro atoms. The number of hydrogen-bond donors (Lipinski definition) is 0. The third-order valence-electron chi connectivity index (χ3n) is 4.27. The molecule has 1 aliphatic rings. The molecule has 1 aliphatic heterocycles. The Hall–Kier alpha value is -2.80. The van der Waals surface area contributed by atoms with Gasteiger partial charge in [-0.25, -0.2) is 0 Å². The normalized spacial score (nSPS) is 13.1. The topological polar surface area (TPSA) is 61.5 Å². The summed E-state index contributed by atoms with van der Waals surface area (Å²) < 4.78 is 12.9. The van der Waals surface area contributed by atoms with Gasteiger partial charge >= 0.3 is 0 Å². The first-order valence-electron chi connectivity index (χ1n) is 8.16. The van der Waals surface area contributed by atoms with Gasteiger partial charge in [0.2, 0.25) is 5.16 Å². The number of ether oxygens (including phenoxy) is 2. The predicted octanol–water partition coefficient (Wildman–Crippen LogP) is 3.63. The van der Waals surface area contributed by atoms with Crippen LogP contribution in [-0.2, 0) is 0 Å². The zero-order chi connectivity index (χ0) is 18.1. The molecule has 132 valence electrons. The molecule has 0 unspecified atom stereocenters. The highest BCUT2D eigenvalue weighted by atomic mass is 32.2. The predicted molar refractivity (Wildman–Crippen MR) is 102 cm³/mol. The molecule has 0 saturated carbocycles. The van der Waals surface area contributed by atoms with E-state index in [9.17, 15) is 0 Å². The first-order chi connectivity index (χ1) is 12.7. The molecular formula is C19H18N4O2S. The molecule has 0 N–H and O–H groups in total. The maximum Gasteiger partial charge on any atom is 0.212 e. The lowest BCUT2D eigenvalue weighted by atomic mass is 10.1. The van der Waals surface area contributed by atoms with Crippen molar-refractivity contribution in [3.05, 3.63) is 53.6 Å². The molecule has 0 fully saturated rings. The lowest BCUT2D eigenvalue weighted by Crippen LogP contribution is -2.16. The highest BCUT2D eigenvalue weighted by Crippen LogP contribution is 2.35. The van der Waals surface area contributed by atoms with E-state index in [2.05, 4.69) is 23.2 Å². The Morgan fingerprint density at radius 2 is 1.69 bits per heavy atom. The van der Waals surface area contributed by atoms with Crippen LogP contribution < -0.4 is 9.47 Å². The van der Waals surface area contributed by atoms with Gasteiger partial charge in [0.1, 0.15) is 11.5 Å². The molecule has 0 saturated heterocycles.